The van der Waals surface area contributed by atoms with E-state index in [0.29, 0.717) is 11.2 Å². The van der Waals surface area contributed by atoms with E-state index in [-0.39, 0.29) is 19.0 Å². The van der Waals surface area contributed by atoms with Gasteiger partial charge < -0.3 is 14.6 Å². The van der Waals surface area contributed by atoms with Gasteiger partial charge in [0, 0.05) is 18.1 Å². The first-order valence-electron chi connectivity index (χ1n) is 6.39. The molecule has 1 fully saturated rings. The van der Waals surface area contributed by atoms with Crippen molar-refractivity contribution >= 4 is 36.1 Å². The molecule has 0 aliphatic carbocycles. The summed E-state index contributed by atoms with van der Waals surface area (Å²) in [5.41, 5.74) is 1.13. The Hall–Kier alpha value is -2.35. The fourth-order valence-corrected chi connectivity index (χ4v) is 1.90. The van der Waals surface area contributed by atoms with Crippen LogP contribution in [0.2, 0.25) is 0 Å². The lowest BCUT2D eigenvalue weighted by Gasteiger charge is -2.22. The van der Waals surface area contributed by atoms with Crippen molar-refractivity contribution in [1.82, 2.24) is 4.90 Å². The average molecular weight is 290 g/mol. The molecule has 1 N–H and O–H groups in total. The summed E-state index contributed by atoms with van der Waals surface area (Å²) in [5.74, 6) is -1.13. The average Bonchev–Trinajstić information content (AvgIpc) is 2.36. The van der Waals surface area contributed by atoms with Gasteiger partial charge in [0.15, 0.2) is 0 Å². The Morgan fingerprint density at radius 2 is 1.67 bits per heavy atom. The number of anilines is 1. The molecule has 0 unspecified atom stereocenters. The standard InChI is InChI=1S/C13H15BN2O5/c1-9(17)15-11-5-3-10(4-6-11)14-20-12(18)7-16(2)8-13(19)21-14/h3-6H,7-8H2,1-2H3,(H,15,17). The van der Waals surface area contributed by atoms with Gasteiger partial charge in [0.2, 0.25) is 5.91 Å². The molecule has 8 heteroatoms. The number of hydrogen-bond acceptors (Lipinski definition) is 6. The van der Waals surface area contributed by atoms with Gasteiger partial charge in [-0.2, -0.15) is 0 Å². The van der Waals surface area contributed by atoms with Gasteiger partial charge in [-0.15, -0.1) is 0 Å². The number of hydrogen-bond donors (Lipinski definition) is 1. The number of nitrogens with zero attached hydrogens (tertiary/aromatic N) is 1. The molecular weight excluding hydrogens is 275 g/mol. The SMILES string of the molecule is CC(=O)Nc1ccc(B2OC(=O)CN(C)CC(=O)O2)cc1. The third kappa shape index (κ3) is 4.32. The molecule has 21 heavy (non-hydrogen) atoms. The van der Waals surface area contributed by atoms with Gasteiger partial charge in [0.05, 0.1) is 13.1 Å². The first-order chi connectivity index (χ1) is 9.94. The van der Waals surface area contributed by atoms with Gasteiger partial charge in [-0.05, 0) is 19.2 Å². The summed E-state index contributed by atoms with van der Waals surface area (Å²) in [7, 11) is 0.565. The van der Waals surface area contributed by atoms with Crippen LogP contribution in [0.1, 0.15) is 6.92 Å². The Kier molecular flexibility index (Phi) is 4.59. The zero-order chi connectivity index (χ0) is 15.4. The summed E-state index contributed by atoms with van der Waals surface area (Å²) in [6.07, 6.45) is 0. The van der Waals surface area contributed by atoms with Crippen LogP contribution < -0.4 is 10.8 Å². The summed E-state index contributed by atoms with van der Waals surface area (Å²) >= 11 is 0. The molecule has 1 heterocycles. The van der Waals surface area contributed by atoms with Gasteiger partial charge in [-0.1, -0.05) is 12.1 Å². The predicted molar refractivity (Wildman–Crippen MR) is 75.8 cm³/mol. The zero-order valence-electron chi connectivity index (χ0n) is 11.8. The van der Waals surface area contributed by atoms with E-state index in [1.165, 1.54) is 11.8 Å². The van der Waals surface area contributed by atoms with Crippen molar-refractivity contribution in [3.63, 3.8) is 0 Å². The van der Waals surface area contributed by atoms with Crippen LogP contribution in [0.5, 0.6) is 0 Å². The topological polar surface area (TPSA) is 84.9 Å². The maximum atomic E-state index is 11.6. The van der Waals surface area contributed by atoms with Gasteiger partial charge in [0.1, 0.15) is 0 Å². The lowest BCUT2D eigenvalue weighted by atomic mass is 9.78. The molecule has 0 saturated carbocycles. The molecule has 110 valence electrons. The van der Waals surface area contributed by atoms with Crippen LogP contribution in [0.3, 0.4) is 0 Å². The molecule has 2 rings (SSSR count). The third-order valence-corrected chi connectivity index (χ3v) is 2.78. The molecule has 1 aliphatic heterocycles. The molecule has 1 amide bonds. The lowest BCUT2D eigenvalue weighted by molar-refractivity contribution is -0.145. The van der Waals surface area contributed by atoms with E-state index in [1.807, 2.05) is 0 Å². The van der Waals surface area contributed by atoms with Gasteiger partial charge >= 0.3 is 19.1 Å². The van der Waals surface area contributed by atoms with Gasteiger partial charge in [-0.25, -0.2) is 0 Å². The molecule has 1 saturated heterocycles. The van der Waals surface area contributed by atoms with Crippen molar-refractivity contribution in [3.05, 3.63) is 24.3 Å². The second kappa shape index (κ2) is 6.40. The van der Waals surface area contributed by atoms with E-state index in [4.69, 9.17) is 9.31 Å². The summed E-state index contributed by atoms with van der Waals surface area (Å²) in [5, 5.41) is 2.62. The Balaban J connectivity index is 2.13. The minimum absolute atomic E-state index is 0.0234. The fraction of sp³-hybridized carbons (Fsp3) is 0.308. The predicted octanol–water partition coefficient (Wildman–Crippen LogP) is -0.628. The molecule has 1 aliphatic rings. The molecule has 0 aromatic heterocycles. The number of likely N-dealkylation sites (N-methyl/N-ethyl adjacent to an activating group) is 1. The highest BCUT2D eigenvalue weighted by Gasteiger charge is 2.33. The molecule has 0 radical (unpaired) electrons. The van der Waals surface area contributed by atoms with E-state index in [0.717, 1.165) is 0 Å². The molecular formula is C13H15BN2O5. The van der Waals surface area contributed by atoms with E-state index in [1.54, 1.807) is 31.3 Å². The van der Waals surface area contributed by atoms with Crippen molar-refractivity contribution in [2.24, 2.45) is 0 Å². The number of carbonyl (C=O) groups excluding carboxylic acids is 3. The normalized spacial score (nSPS) is 16.6. The number of carbonyl (C=O) groups is 3. The van der Waals surface area contributed by atoms with Gasteiger partial charge in [-0.3, -0.25) is 19.3 Å². The summed E-state index contributed by atoms with van der Waals surface area (Å²) in [6.45, 7) is 1.45. The number of benzene rings is 1. The minimum Gasteiger partial charge on any atom is -0.494 e. The van der Waals surface area contributed by atoms with Crippen LogP contribution in [0.15, 0.2) is 24.3 Å². The first-order valence-corrected chi connectivity index (χ1v) is 6.39. The minimum atomic E-state index is -1.06. The van der Waals surface area contributed by atoms with E-state index >= 15 is 0 Å². The van der Waals surface area contributed by atoms with Crippen LogP contribution >= 0.6 is 0 Å². The number of rotatable bonds is 2. The molecule has 0 spiro atoms. The Morgan fingerprint density at radius 1 is 1.14 bits per heavy atom. The van der Waals surface area contributed by atoms with Crippen molar-refractivity contribution in [2.75, 3.05) is 25.5 Å². The van der Waals surface area contributed by atoms with Crippen molar-refractivity contribution in [3.8, 4) is 0 Å². The van der Waals surface area contributed by atoms with Crippen LogP contribution in [0.25, 0.3) is 0 Å². The summed E-state index contributed by atoms with van der Waals surface area (Å²) < 4.78 is 10.3. The van der Waals surface area contributed by atoms with E-state index in [9.17, 15) is 14.4 Å². The highest BCUT2D eigenvalue weighted by Crippen LogP contribution is 2.06. The lowest BCUT2D eigenvalue weighted by Crippen LogP contribution is -2.47. The molecule has 7 nitrogen and oxygen atoms in total. The Labute approximate surface area is 122 Å². The van der Waals surface area contributed by atoms with Crippen molar-refractivity contribution in [2.45, 2.75) is 6.92 Å². The first kappa shape index (κ1) is 15.1. The maximum absolute atomic E-state index is 11.6. The van der Waals surface area contributed by atoms with E-state index in [2.05, 4.69) is 5.32 Å². The van der Waals surface area contributed by atoms with Crippen LogP contribution in [-0.4, -0.2) is 50.0 Å². The second-order valence-electron chi connectivity index (χ2n) is 4.79. The maximum Gasteiger partial charge on any atom is 0.636 e. The molecule has 0 bridgehead atoms. The highest BCUT2D eigenvalue weighted by atomic mass is 16.6. The van der Waals surface area contributed by atoms with Crippen molar-refractivity contribution < 1.29 is 23.7 Å². The van der Waals surface area contributed by atoms with Crippen LogP contribution in [-0.2, 0) is 23.7 Å². The second-order valence-corrected chi connectivity index (χ2v) is 4.79. The number of amides is 1. The van der Waals surface area contributed by atoms with Crippen LogP contribution in [0.4, 0.5) is 5.69 Å². The van der Waals surface area contributed by atoms with E-state index < -0.39 is 19.1 Å². The van der Waals surface area contributed by atoms with Gasteiger partial charge in [0.25, 0.3) is 0 Å². The Morgan fingerprint density at radius 3 is 2.14 bits per heavy atom. The molecule has 1 aromatic rings. The smallest absolute Gasteiger partial charge is 0.494 e. The molecule has 1 aromatic carbocycles. The largest absolute Gasteiger partial charge is 0.636 e. The number of nitrogens with one attached hydrogen (secondary N) is 1. The van der Waals surface area contributed by atoms with Crippen LogP contribution in [0, 0.1) is 0 Å². The monoisotopic (exact) mass is 290 g/mol. The summed E-state index contributed by atoms with van der Waals surface area (Å²) in [6, 6.07) is 6.54. The van der Waals surface area contributed by atoms with Crippen molar-refractivity contribution in [1.29, 1.82) is 0 Å². The third-order valence-electron chi connectivity index (χ3n) is 2.78. The quantitative estimate of drug-likeness (QED) is 0.730. The Bertz CT molecular complexity index is 540. The highest BCUT2D eigenvalue weighted by molar-refractivity contribution is 6.64. The summed E-state index contributed by atoms with van der Waals surface area (Å²) in [4.78, 5) is 35.7. The molecule has 0 atom stereocenters. The fourth-order valence-electron chi connectivity index (χ4n) is 1.90. The zero-order valence-corrected chi connectivity index (χ0v) is 11.8.